The Hall–Kier alpha value is -4.11. The van der Waals surface area contributed by atoms with E-state index in [2.05, 4.69) is 22.1 Å². The Kier molecular flexibility index (Phi) is 6.41. The summed E-state index contributed by atoms with van der Waals surface area (Å²) < 4.78 is 0. The van der Waals surface area contributed by atoms with Crippen LogP contribution in [0.15, 0.2) is 90.8 Å². The second-order valence-corrected chi connectivity index (χ2v) is 7.14. The number of nitrogens with zero attached hydrogens (tertiary/aromatic N) is 4. The van der Waals surface area contributed by atoms with Gasteiger partial charge < -0.3 is 0 Å². The number of rotatable bonds is 3. The van der Waals surface area contributed by atoms with Gasteiger partial charge >= 0.3 is 21.1 Å². The van der Waals surface area contributed by atoms with Gasteiger partial charge in [0.15, 0.2) is 0 Å². The summed E-state index contributed by atoms with van der Waals surface area (Å²) in [5, 5.41) is 22.2. The molecule has 156 valence electrons. The second kappa shape index (κ2) is 9.58. The fourth-order valence-corrected chi connectivity index (χ4v) is 3.76. The Bertz CT molecular complexity index is 1580. The maximum Gasteiger partial charge on any atom is 2.00 e. The predicted molar refractivity (Wildman–Crippen MR) is 124 cm³/mol. The Labute approximate surface area is 205 Å². The molecule has 0 spiro atoms. The average molecular weight is 602 g/mol. The van der Waals surface area contributed by atoms with Gasteiger partial charge in [-0.3, -0.25) is 9.97 Å². The second-order valence-electron chi connectivity index (χ2n) is 7.14. The van der Waals surface area contributed by atoms with Crippen LogP contribution in [0.5, 0.6) is 0 Å². The molecule has 33 heavy (non-hydrogen) atoms. The van der Waals surface area contributed by atoms with Gasteiger partial charge in [0.1, 0.15) is 17.7 Å². The SMILES string of the molecule is N#CC(C#N)=C(c1[c-]c(-c2ccccn2)ccc1)c1[c-]c2c(cc1)ccc1cccnc12.[Pt+2]. The number of pyridine rings is 2. The van der Waals surface area contributed by atoms with Crippen LogP contribution in [0, 0.1) is 34.8 Å². The molecule has 0 aliphatic carbocycles. The number of benzene rings is 3. The van der Waals surface area contributed by atoms with Crippen LogP contribution in [0.25, 0.3) is 38.5 Å². The van der Waals surface area contributed by atoms with Gasteiger partial charge in [-0.1, -0.05) is 52.2 Å². The quantitative estimate of drug-likeness (QED) is 0.147. The molecular formula is C28H14N4Pt. The molecule has 2 aromatic heterocycles. The van der Waals surface area contributed by atoms with Crippen molar-refractivity contribution in [2.45, 2.75) is 0 Å². The molecule has 0 fully saturated rings. The minimum Gasteiger partial charge on any atom is -0.295 e. The molecule has 0 amide bonds. The van der Waals surface area contributed by atoms with E-state index in [1.165, 1.54) is 0 Å². The van der Waals surface area contributed by atoms with Crippen LogP contribution in [0.1, 0.15) is 11.1 Å². The maximum atomic E-state index is 9.71. The summed E-state index contributed by atoms with van der Waals surface area (Å²) >= 11 is 0. The molecule has 0 radical (unpaired) electrons. The van der Waals surface area contributed by atoms with Crippen molar-refractivity contribution in [2.24, 2.45) is 0 Å². The van der Waals surface area contributed by atoms with Gasteiger partial charge in [-0.15, -0.1) is 53.6 Å². The molecule has 4 nitrogen and oxygen atoms in total. The first-order valence-electron chi connectivity index (χ1n) is 9.97. The third kappa shape index (κ3) is 4.18. The van der Waals surface area contributed by atoms with Crippen LogP contribution in [0.3, 0.4) is 0 Å². The Morgan fingerprint density at radius 2 is 1.45 bits per heavy atom. The summed E-state index contributed by atoms with van der Waals surface area (Å²) in [5.41, 5.74) is 4.14. The molecule has 5 heteroatoms. The van der Waals surface area contributed by atoms with Crippen molar-refractivity contribution in [3.8, 4) is 23.4 Å². The molecule has 0 aliphatic rings. The van der Waals surface area contributed by atoms with Crippen molar-refractivity contribution in [2.75, 3.05) is 0 Å². The van der Waals surface area contributed by atoms with Crippen molar-refractivity contribution < 1.29 is 21.1 Å². The van der Waals surface area contributed by atoms with Crippen LogP contribution in [-0.4, -0.2) is 9.97 Å². The van der Waals surface area contributed by atoms with Crippen molar-refractivity contribution in [1.29, 1.82) is 10.5 Å². The molecule has 0 bridgehead atoms. The van der Waals surface area contributed by atoms with E-state index in [0.717, 1.165) is 32.9 Å². The van der Waals surface area contributed by atoms with Crippen LogP contribution >= 0.6 is 0 Å². The smallest absolute Gasteiger partial charge is 0.295 e. The van der Waals surface area contributed by atoms with Crippen LogP contribution in [0.2, 0.25) is 0 Å². The fraction of sp³-hybridized carbons (Fsp3) is 0. The van der Waals surface area contributed by atoms with E-state index in [-0.39, 0.29) is 26.6 Å². The largest absolute Gasteiger partial charge is 2.00 e. The number of allylic oxidation sites excluding steroid dienone is 1. The molecule has 5 rings (SSSR count). The number of fused-ring (bicyclic) bond motifs is 3. The third-order valence-corrected chi connectivity index (χ3v) is 5.24. The minimum atomic E-state index is 0. The summed E-state index contributed by atoms with van der Waals surface area (Å²) in [4.78, 5) is 8.92. The molecule has 0 saturated heterocycles. The van der Waals surface area contributed by atoms with Crippen molar-refractivity contribution in [1.82, 2.24) is 9.97 Å². The van der Waals surface area contributed by atoms with Crippen LogP contribution in [-0.2, 0) is 21.1 Å². The number of hydrogen-bond donors (Lipinski definition) is 0. The molecule has 0 N–H and O–H groups in total. The van der Waals surface area contributed by atoms with Gasteiger partial charge in [-0.25, -0.2) is 0 Å². The standard InChI is InChI=1S/C28H14N4.Pt/c29-17-24(18-30)27(22-6-3-5-21(15-22)26-8-1-2-13-31-26)23-12-10-19-9-11-20-7-4-14-32-28(20)25(19)16-23;/h1-14H;/q-2;+2. The first-order chi connectivity index (χ1) is 15.8. The average Bonchev–Trinajstić information content (AvgIpc) is 2.87. The molecule has 0 saturated carbocycles. The van der Waals surface area contributed by atoms with E-state index in [9.17, 15) is 10.5 Å². The summed E-state index contributed by atoms with van der Waals surface area (Å²) in [6.07, 6.45) is 3.47. The van der Waals surface area contributed by atoms with Crippen LogP contribution in [0.4, 0.5) is 0 Å². The number of aromatic nitrogens is 2. The third-order valence-electron chi connectivity index (χ3n) is 5.24. The van der Waals surface area contributed by atoms with Crippen molar-refractivity contribution in [3.05, 3.63) is 114 Å². The Morgan fingerprint density at radius 3 is 2.24 bits per heavy atom. The fourth-order valence-electron chi connectivity index (χ4n) is 3.76. The molecule has 2 heterocycles. The predicted octanol–water partition coefficient (Wildman–Crippen LogP) is 5.90. The zero-order chi connectivity index (χ0) is 21.9. The molecular weight excluding hydrogens is 587 g/mol. The number of hydrogen-bond acceptors (Lipinski definition) is 4. The maximum absolute atomic E-state index is 9.71. The zero-order valence-electron chi connectivity index (χ0n) is 17.2. The van der Waals surface area contributed by atoms with Gasteiger partial charge in [-0.2, -0.15) is 10.5 Å². The molecule has 0 unspecified atom stereocenters. The van der Waals surface area contributed by atoms with Gasteiger partial charge in [0.2, 0.25) is 0 Å². The van der Waals surface area contributed by atoms with Crippen LogP contribution < -0.4 is 0 Å². The number of nitriles is 2. The van der Waals surface area contributed by atoms with Gasteiger partial charge in [0.25, 0.3) is 0 Å². The summed E-state index contributed by atoms with van der Waals surface area (Å²) in [7, 11) is 0. The summed E-state index contributed by atoms with van der Waals surface area (Å²) in [5.74, 6) is 0. The summed E-state index contributed by atoms with van der Waals surface area (Å²) in [6, 6.07) is 33.9. The summed E-state index contributed by atoms with van der Waals surface area (Å²) in [6.45, 7) is 0. The van der Waals surface area contributed by atoms with E-state index < -0.39 is 0 Å². The van der Waals surface area contributed by atoms with E-state index in [0.29, 0.717) is 16.7 Å². The molecule has 0 aliphatic heterocycles. The minimum absolute atomic E-state index is 0. The van der Waals surface area contributed by atoms with E-state index in [1.54, 1.807) is 12.4 Å². The first kappa shape index (κ1) is 22.1. The Balaban J connectivity index is 0.00000259. The van der Waals surface area contributed by atoms with E-state index in [1.807, 2.05) is 84.9 Å². The van der Waals surface area contributed by atoms with Crippen molar-refractivity contribution in [3.63, 3.8) is 0 Å². The zero-order valence-corrected chi connectivity index (χ0v) is 19.5. The van der Waals surface area contributed by atoms with E-state index in [4.69, 9.17) is 0 Å². The van der Waals surface area contributed by atoms with E-state index >= 15 is 0 Å². The first-order valence-corrected chi connectivity index (χ1v) is 9.97. The topological polar surface area (TPSA) is 73.4 Å². The van der Waals surface area contributed by atoms with Gasteiger partial charge in [0.05, 0.1) is 0 Å². The van der Waals surface area contributed by atoms with Crippen molar-refractivity contribution >= 4 is 27.2 Å². The van der Waals surface area contributed by atoms with Gasteiger partial charge in [-0.05, 0) is 17.5 Å². The monoisotopic (exact) mass is 601 g/mol. The normalized spacial score (nSPS) is 10.1. The Morgan fingerprint density at radius 1 is 0.697 bits per heavy atom. The molecule has 3 aromatic carbocycles. The molecule has 5 aromatic rings. The van der Waals surface area contributed by atoms with Gasteiger partial charge in [0, 0.05) is 23.6 Å². The molecule has 0 atom stereocenters.